The van der Waals surface area contributed by atoms with E-state index in [0.717, 1.165) is 24.0 Å². The fourth-order valence-corrected chi connectivity index (χ4v) is 4.50. The highest BCUT2D eigenvalue weighted by molar-refractivity contribution is 6.23. The first-order valence-electron chi connectivity index (χ1n) is 11.9. The average molecular weight is 484 g/mol. The highest BCUT2D eigenvalue weighted by atomic mass is 16.5. The maximum absolute atomic E-state index is 12.8. The third-order valence-corrected chi connectivity index (χ3v) is 6.52. The molecule has 2 aliphatic rings. The van der Waals surface area contributed by atoms with Crippen molar-refractivity contribution in [3.8, 4) is 0 Å². The monoisotopic (exact) mass is 483 g/mol. The highest BCUT2D eigenvalue weighted by Gasteiger charge is 2.34. The van der Waals surface area contributed by atoms with Crippen LogP contribution in [0.15, 0.2) is 46.9 Å². The standard InChI is InChI=1S/C27H33NO7/c1-5-35-27(32)20-7-6-14-28(16-20)22(29)13-12-18-8-10-19(11-9-18)15-21-17(2)23(30)25(33-3)26(34-4)24(21)31/h8-11,20H,5-7,12-16H2,1-4H3. The Bertz CT molecular complexity index is 1050. The molecule has 3 rings (SSSR count). The Morgan fingerprint density at radius 1 is 1.00 bits per heavy atom. The SMILES string of the molecule is CCOC(=O)C1CCCN(C(=O)CCc2ccc(CC3=C(C)C(=O)C(OC)=C(OC)C3=O)cc2)C1. The number of ether oxygens (including phenoxy) is 3. The van der Waals surface area contributed by atoms with Gasteiger partial charge in [-0.1, -0.05) is 24.3 Å². The molecule has 0 spiro atoms. The van der Waals surface area contributed by atoms with Gasteiger partial charge >= 0.3 is 5.97 Å². The molecule has 8 nitrogen and oxygen atoms in total. The van der Waals surface area contributed by atoms with Gasteiger partial charge in [0.15, 0.2) is 0 Å². The molecule has 1 fully saturated rings. The van der Waals surface area contributed by atoms with Gasteiger partial charge in [0, 0.05) is 37.1 Å². The van der Waals surface area contributed by atoms with E-state index in [4.69, 9.17) is 14.2 Å². The molecular weight excluding hydrogens is 450 g/mol. The maximum Gasteiger partial charge on any atom is 0.310 e. The van der Waals surface area contributed by atoms with Crippen molar-refractivity contribution in [2.24, 2.45) is 5.92 Å². The van der Waals surface area contributed by atoms with Crippen molar-refractivity contribution >= 4 is 23.4 Å². The number of nitrogens with zero attached hydrogens (tertiary/aromatic N) is 1. The van der Waals surface area contributed by atoms with Crippen LogP contribution in [0.4, 0.5) is 0 Å². The number of aryl methyl sites for hydroxylation is 1. The number of hydrogen-bond acceptors (Lipinski definition) is 7. The minimum Gasteiger partial charge on any atom is -0.489 e. The van der Waals surface area contributed by atoms with Gasteiger partial charge < -0.3 is 19.1 Å². The first-order chi connectivity index (χ1) is 16.8. The van der Waals surface area contributed by atoms with Crippen LogP contribution in [0.1, 0.15) is 44.2 Å². The lowest BCUT2D eigenvalue weighted by Crippen LogP contribution is -2.42. The van der Waals surface area contributed by atoms with Gasteiger partial charge in [-0.15, -0.1) is 0 Å². The summed E-state index contributed by atoms with van der Waals surface area (Å²) >= 11 is 0. The Hall–Kier alpha value is -3.42. The van der Waals surface area contributed by atoms with Gasteiger partial charge in [0.05, 0.1) is 26.7 Å². The van der Waals surface area contributed by atoms with Crippen LogP contribution in [0.5, 0.6) is 0 Å². The molecule has 1 aromatic rings. The van der Waals surface area contributed by atoms with Gasteiger partial charge in [-0.25, -0.2) is 0 Å². The molecule has 1 atom stereocenters. The third kappa shape index (κ3) is 5.99. The summed E-state index contributed by atoms with van der Waals surface area (Å²) < 4.78 is 15.3. The molecule has 1 aliphatic heterocycles. The zero-order chi connectivity index (χ0) is 25.5. The predicted octanol–water partition coefficient (Wildman–Crippen LogP) is 2.94. The lowest BCUT2D eigenvalue weighted by Gasteiger charge is -2.31. The van der Waals surface area contributed by atoms with E-state index in [1.807, 2.05) is 24.3 Å². The number of likely N-dealkylation sites (tertiary alicyclic amines) is 1. The Morgan fingerprint density at radius 2 is 1.63 bits per heavy atom. The molecule has 0 bridgehead atoms. The Morgan fingerprint density at radius 3 is 2.26 bits per heavy atom. The molecule has 1 aromatic carbocycles. The van der Waals surface area contributed by atoms with Crippen molar-refractivity contribution < 1.29 is 33.4 Å². The maximum atomic E-state index is 12.8. The number of esters is 1. The van der Waals surface area contributed by atoms with Gasteiger partial charge in [0.2, 0.25) is 29.0 Å². The van der Waals surface area contributed by atoms with E-state index >= 15 is 0 Å². The highest BCUT2D eigenvalue weighted by Crippen LogP contribution is 2.28. The zero-order valence-corrected chi connectivity index (χ0v) is 20.8. The van der Waals surface area contributed by atoms with E-state index in [9.17, 15) is 19.2 Å². The molecule has 1 unspecified atom stereocenters. The van der Waals surface area contributed by atoms with Crippen LogP contribution in [0.2, 0.25) is 0 Å². The summed E-state index contributed by atoms with van der Waals surface area (Å²) in [6, 6.07) is 7.66. The average Bonchev–Trinajstić information content (AvgIpc) is 2.88. The summed E-state index contributed by atoms with van der Waals surface area (Å²) in [6.07, 6.45) is 2.78. The van der Waals surface area contributed by atoms with Crippen LogP contribution in [0, 0.1) is 5.92 Å². The summed E-state index contributed by atoms with van der Waals surface area (Å²) in [5.74, 6) is -1.28. The molecule has 35 heavy (non-hydrogen) atoms. The minimum atomic E-state index is -0.350. The first-order valence-corrected chi connectivity index (χ1v) is 11.9. The molecule has 1 amide bonds. The number of piperidine rings is 1. The lowest BCUT2D eigenvalue weighted by atomic mass is 9.88. The number of ketones is 2. The molecule has 0 saturated carbocycles. The first kappa shape index (κ1) is 26.2. The summed E-state index contributed by atoms with van der Waals surface area (Å²) in [4.78, 5) is 51.9. The molecule has 1 saturated heterocycles. The fourth-order valence-electron chi connectivity index (χ4n) is 4.50. The molecule has 0 aromatic heterocycles. The van der Waals surface area contributed by atoms with Crippen LogP contribution in [-0.2, 0) is 46.2 Å². The molecule has 0 N–H and O–H groups in total. The molecule has 1 aliphatic carbocycles. The van der Waals surface area contributed by atoms with Crippen LogP contribution >= 0.6 is 0 Å². The summed E-state index contributed by atoms with van der Waals surface area (Å²) in [5, 5.41) is 0. The van der Waals surface area contributed by atoms with E-state index in [1.165, 1.54) is 14.2 Å². The number of carbonyl (C=O) groups excluding carboxylic acids is 4. The van der Waals surface area contributed by atoms with E-state index in [2.05, 4.69) is 0 Å². The van der Waals surface area contributed by atoms with Crippen LogP contribution in [0.3, 0.4) is 0 Å². The number of Topliss-reactive ketones (excluding diaryl/α,β-unsaturated/α-hetero) is 2. The molecule has 188 valence electrons. The smallest absolute Gasteiger partial charge is 0.310 e. The fraction of sp³-hybridized carbons (Fsp3) is 0.481. The quantitative estimate of drug-likeness (QED) is 0.393. The predicted molar refractivity (Wildman–Crippen MR) is 128 cm³/mol. The van der Waals surface area contributed by atoms with Crippen molar-refractivity contribution in [3.05, 3.63) is 58.1 Å². The number of carbonyl (C=O) groups is 4. The number of allylic oxidation sites excluding steroid dienone is 2. The van der Waals surface area contributed by atoms with Crippen LogP contribution in [-0.4, -0.2) is 62.3 Å². The van der Waals surface area contributed by atoms with Gasteiger partial charge in [-0.3, -0.25) is 19.2 Å². The summed E-state index contributed by atoms with van der Waals surface area (Å²) in [6.45, 7) is 4.83. The molecule has 0 radical (unpaired) electrons. The normalized spacial score (nSPS) is 18.6. The molecule has 8 heteroatoms. The number of methoxy groups -OCH3 is 2. The van der Waals surface area contributed by atoms with E-state index in [1.54, 1.807) is 18.7 Å². The van der Waals surface area contributed by atoms with Crippen molar-refractivity contribution in [3.63, 3.8) is 0 Å². The Labute approximate surface area is 205 Å². The lowest BCUT2D eigenvalue weighted by molar-refractivity contribution is -0.151. The van der Waals surface area contributed by atoms with Crippen LogP contribution < -0.4 is 0 Å². The Kier molecular flexibility index (Phi) is 8.84. The number of benzene rings is 1. The second-order valence-corrected chi connectivity index (χ2v) is 8.75. The summed E-state index contributed by atoms with van der Waals surface area (Å²) in [7, 11) is 2.68. The van der Waals surface area contributed by atoms with E-state index in [-0.39, 0.29) is 40.9 Å². The van der Waals surface area contributed by atoms with Gasteiger partial charge in [0.25, 0.3) is 0 Å². The number of rotatable bonds is 9. The third-order valence-electron chi connectivity index (χ3n) is 6.52. The van der Waals surface area contributed by atoms with Crippen molar-refractivity contribution in [1.29, 1.82) is 0 Å². The van der Waals surface area contributed by atoms with Gasteiger partial charge in [0.1, 0.15) is 0 Å². The largest absolute Gasteiger partial charge is 0.489 e. The van der Waals surface area contributed by atoms with E-state index in [0.29, 0.717) is 50.1 Å². The Balaban J connectivity index is 1.58. The number of hydrogen-bond donors (Lipinski definition) is 0. The molecule has 1 heterocycles. The topological polar surface area (TPSA) is 99.2 Å². The number of amides is 1. The van der Waals surface area contributed by atoms with Crippen LogP contribution in [0.25, 0.3) is 0 Å². The second kappa shape index (κ2) is 11.8. The molecular formula is C27H33NO7. The van der Waals surface area contributed by atoms with Crippen molar-refractivity contribution in [1.82, 2.24) is 4.90 Å². The minimum absolute atomic E-state index is 0.0306. The summed E-state index contributed by atoms with van der Waals surface area (Å²) in [5.41, 5.74) is 2.61. The zero-order valence-electron chi connectivity index (χ0n) is 20.8. The van der Waals surface area contributed by atoms with Gasteiger partial charge in [-0.2, -0.15) is 0 Å². The second-order valence-electron chi connectivity index (χ2n) is 8.75. The van der Waals surface area contributed by atoms with Crippen molar-refractivity contribution in [2.75, 3.05) is 33.9 Å². The van der Waals surface area contributed by atoms with E-state index < -0.39 is 0 Å². The van der Waals surface area contributed by atoms with Gasteiger partial charge in [-0.05, 0) is 44.2 Å². The van der Waals surface area contributed by atoms with Crippen molar-refractivity contribution in [2.45, 2.75) is 46.0 Å².